The third-order valence-electron chi connectivity index (χ3n) is 6.42. The summed E-state index contributed by atoms with van der Waals surface area (Å²) in [6, 6.07) is 13.7. The first-order valence-electron chi connectivity index (χ1n) is 12.0. The zero-order chi connectivity index (χ0) is 25.2. The number of nitrogens with zero attached hydrogens (tertiary/aromatic N) is 1. The second kappa shape index (κ2) is 12.9. The number of likely N-dealkylation sites (tertiary alicyclic amines) is 1. The number of amides is 3. The maximum Gasteiger partial charge on any atom is 0.253 e. The van der Waals surface area contributed by atoms with E-state index in [9.17, 15) is 14.4 Å². The minimum absolute atomic E-state index is 0.0457. The van der Waals surface area contributed by atoms with Crippen LogP contribution in [0.5, 0.6) is 5.75 Å². The molecule has 1 fully saturated rings. The van der Waals surface area contributed by atoms with Crippen LogP contribution in [0.25, 0.3) is 0 Å². The molecule has 188 valence electrons. The Kier molecular flexibility index (Phi) is 9.66. The van der Waals surface area contributed by atoms with Gasteiger partial charge in [0.1, 0.15) is 11.8 Å². The van der Waals surface area contributed by atoms with Gasteiger partial charge in [0, 0.05) is 44.5 Å². The molecule has 2 N–H and O–H groups in total. The van der Waals surface area contributed by atoms with Crippen molar-refractivity contribution in [3.05, 3.63) is 65.2 Å². The predicted octanol–water partition coefficient (Wildman–Crippen LogP) is 2.81. The Morgan fingerprint density at radius 3 is 2.34 bits per heavy atom. The van der Waals surface area contributed by atoms with Crippen molar-refractivity contribution in [1.29, 1.82) is 0 Å². The van der Waals surface area contributed by atoms with Crippen LogP contribution in [-0.2, 0) is 9.53 Å². The summed E-state index contributed by atoms with van der Waals surface area (Å²) in [7, 11) is 3.21. The smallest absolute Gasteiger partial charge is 0.253 e. The SMILES string of the molecule is COCCCNC(=O)[C@H](NC(=O)c1ccccc1C)C1CCN(C(=O)c2ccc(OC)cc2)CC1. The number of aryl methyl sites for hydroxylation is 1. The molecule has 3 amide bonds. The molecule has 1 atom stereocenters. The molecule has 1 aliphatic rings. The van der Waals surface area contributed by atoms with E-state index in [2.05, 4.69) is 10.6 Å². The average molecular weight is 482 g/mol. The number of nitrogens with one attached hydrogen (secondary N) is 2. The lowest BCUT2D eigenvalue weighted by atomic mass is 9.88. The summed E-state index contributed by atoms with van der Waals surface area (Å²) in [6.07, 6.45) is 1.92. The summed E-state index contributed by atoms with van der Waals surface area (Å²) < 4.78 is 10.2. The molecule has 35 heavy (non-hydrogen) atoms. The molecular weight excluding hydrogens is 446 g/mol. The van der Waals surface area contributed by atoms with Crippen LogP contribution in [-0.4, -0.2) is 69.1 Å². The molecule has 1 heterocycles. The number of ether oxygens (including phenoxy) is 2. The maximum absolute atomic E-state index is 13.1. The highest BCUT2D eigenvalue weighted by molar-refractivity contribution is 5.98. The summed E-state index contributed by atoms with van der Waals surface area (Å²) >= 11 is 0. The number of piperidine rings is 1. The first kappa shape index (κ1) is 26.2. The molecule has 0 radical (unpaired) electrons. The number of benzene rings is 2. The van der Waals surface area contributed by atoms with E-state index in [4.69, 9.17) is 9.47 Å². The van der Waals surface area contributed by atoms with Crippen molar-refractivity contribution in [1.82, 2.24) is 15.5 Å². The second-order valence-corrected chi connectivity index (χ2v) is 8.76. The van der Waals surface area contributed by atoms with Crippen LogP contribution in [0.15, 0.2) is 48.5 Å². The fraction of sp³-hybridized carbons (Fsp3) is 0.444. The summed E-state index contributed by atoms with van der Waals surface area (Å²) in [5, 5.41) is 5.90. The normalized spacial score (nSPS) is 14.8. The molecule has 0 aliphatic carbocycles. The monoisotopic (exact) mass is 481 g/mol. The van der Waals surface area contributed by atoms with Gasteiger partial charge in [-0.05, 0) is 68.0 Å². The van der Waals surface area contributed by atoms with Gasteiger partial charge >= 0.3 is 0 Å². The van der Waals surface area contributed by atoms with E-state index in [0.717, 1.165) is 5.56 Å². The standard InChI is InChI=1S/C27H35N3O5/c1-19-7-4-5-8-23(19)25(31)29-24(26(32)28-15-6-18-34-2)20-13-16-30(17-14-20)27(33)21-9-11-22(35-3)12-10-21/h4-5,7-12,20,24H,6,13-18H2,1-3H3,(H,28,32)(H,29,31)/t24-/m1/s1. The van der Waals surface area contributed by atoms with Crippen LogP contribution < -0.4 is 15.4 Å². The molecule has 0 aromatic heterocycles. The lowest BCUT2D eigenvalue weighted by molar-refractivity contribution is -0.124. The number of methoxy groups -OCH3 is 2. The Labute approximate surface area is 207 Å². The molecule has 0 spiro atoms. The third-order valence-corrected chi connectivity index (χ3v) is 6.42. The average Bonchev–Trinajstić information content (AvgIpc) is 2.89. The molecule has 8 nitrogen and oxygen atoms in total. The minimum Gasteiger partial charge on any atom is -0.497 e. The number of rotatable bonds is 10. The van der Waals surface area contributed by atoms with E-state index >= 15 is 0 Å². The van der Waals surface area contributed by atoms with Gasteiger partial charge in [-0.25, -0.2) is 0 Å². The van der Waals surface area contributed by atoms with Crippen molar-refractivity contribution in [3.63, 3.8) is 0 Å². The molecule has 0 bridgehead atoms. The van der Waals surface area contributed by atoms with Gasteiger partial charge in [0.25, 0.3) is 11.8 Å². The summed E-state index contributed by atoms with van der Waals surface area (Å²) in [5.41, 5.74) is 2.01. The summed E-state index contributed by atoms with van der Waals surface area (Å²) in [5.74, 6) is 0.102. The van der Waals surface area contributed by atoms with E-state index in [0.29, 0.717) is 62.4 Å². The van der Waals surface area contributed by atoms with Crippen LogP contribution in [0.4, 0.5) is 0 Å². The van der Waals surface area contributed by atoms with E-state index < -0.39 is 6.04 Å². The lowest BCUT2D eigenvalue weighted by Crippen LogP contribution is -2.54. The van der Waals surface area contributed by atoms with Crippen molar-refractivity contribution in [3.8, 4) is 5.75 Å². The Bertz CT molecular complexity index is 1000. The van der Waals surface area contributed by atoms with Crippen LogP contribution in [0.2, 0.25) is 0 Å². The molecule has 2 aromatic carbocycles. The van der Waals surface area contributed by atoms with Gasteiger partial charge in [-0.1, -0.05) is 18.2 Å². The highest BCUT2D eigenvalue weighted by Crippen LogP contribution is 2.24. The molecule has 3 rings (SSSR count). The molecule has 1 saturated heterocycles. The first-order chi connectivity index (χ1) is 16.9. The van der Waals surface area contributed by atoms with Crippen molar-refractivity contribution in [2.75, 3.05) is 40.5 Å². The van der Waals surface area contributed by atoms with Crippen LogP contribution in [0, 0.1) is 12.8 Å². The van der Waals surface area contributed by atoms with Crippen molar-refractivity contribution < 1.29 is 23.9 Å². The van der Waals surface area contributed by atoms with E-state index in [1.807, 2.05) is 25.1 Å². The van der Waals surface area contributed by atoms with Crippen molar-refractivity contribution >= 4 is 17.7 Å². The number of hydrogen-bond acceptors (Lipinski definition) is 5. The van der Waals surface area contributed by atoms with E-state index in [1.165, 1.54) is 0 Å². The van der Waals surface area contributed by atoms with Gasteiger partial charge in [0.2, 0.25) is 5.91 Å². The number of carbonyl (C=O) groups excluding carboxylic acids is 3. The predicted molar refractivity (Wildman–Crippen MR) is 134 cm³/mol. The first-order valence-corrected chi connectivity index (χ1v) is 12.0. The third kappa shape index (κ3) is 7.05. The van der Waals surface area contributed by atoms with Gasteiger partial charge in [-0.3, -0.25) is 14.4 Å². The van der Waals surface area contributed by atoms with Gasteiger partial charge < -0.3 is 25.0 Å². The van der Waals surface area contributed by atoms with Gasteiger partial charge in [0.05, 0.1) is 7.11 Å². The van der Waals surface area contributed by atoms with Gasteiger partial charge in [-0.15, -0.1) is 0 Å². The fourth-order valence-corrected chi connectivity index (χ4v) is 4.33. The summed E-state index contributed by atoms with van der Waals surface area (Å²) in [6.45, 7) is 3.93. The van der Waals surface area contributed by atoms with Crippen molar-refractivity contribution in [2.24, 2.45) is 5.92 Å². The molecule has 1 aliphatic heterocycles. The molecule has 0 unspecified atom stereocenters. The van der Waals surface area contributed by atoms with Gasteiger partial charge in [-0.2, -0.15) is 0 Å². The Morgan fingerprint density at radius 1 is 1.03 bits per heavy atom. The Morgan fingerprint density at radius 2 is 1.71 bits per heavy atom. The lowest BCUT2D eigenvalue weighted by Gasteiger charge is -2.36. The van der Waals surface area contributed by atoms with Crippen LogP contribution in [0.3, 0.4) is 0 Å². The quantitative estimate of drug-likeness (QED) is 0.509. The van der Waals surface area contributed by atoms with Gasteiger partial charge in [0.15, 0.2) is 0 Å². The Hall–Kier alpha value is -3.39. The molecule has 2 aromatic rings. The topological polar surface area (TPSA) is 97.0 Å². The largest absolute Gasteiger partial charge is 0.497 e. The highest BCUT2D eigenvalue weighted by atomic mass is 16.5. The minimum atomic E-state index is -0.678. The molecule has 8 heteroatoms. The Balaban J connectivity index is 1.66. The van der Waals surface area contributed by atoms with E-state index in [1.54, 1.807) is 49.5 Å². The highest BCUT2D eigenvalue weighted by Gasteiger charge is 2.34. The molecular formula is C27H35N3O5. The number of hydrogen-bond donors (Lipinski definition) is 2. The second-order valence-electron chi connectivity index (χ2n) is 8.76. The summed E-state index contributed by atoms with van der Waals surface area (Å²) in [4.78, 5) is 40.9. The van der Waals surface area contributed by atoms with Crippen LogP contribution >= 0.6 is 0 Å². The number of carbonyl (C=O) groups is 3. The maximum atomic E-state index is 13.1. The van der Waals surface area contributed by atoms with Crippen molar-refractivity contribution in [2.45, 2.75) is 32.2 Å². The zero-order valence-corrected chi connectivity index (χ0v) is 20.7. The molecule has 0 saturated carbocycles. The van der Waals surface area contributed by atoms with Crippen LogP contribution in [0.1, 0.15) is 45.5 Å². The fourth-order valence-electron chi connectivity index (χ4n) is 4.33. The zero-order valence-electron chi connectivity index (χ0n) is 20.7. The van der Waals surface area contributed by atoms with E-state index in [-0.39, 0.29) is 23.6 Å².